The Morgan fingerprint density at radius 1 is 0.491 bits per heavy atom. The Balaban J connectivity index is 1.31. The highest BCUT2D eigenvalue weighted by Crippen LogP contribution is 2.45. The van der Waals surface area contributed by atoms with Crippen molar-refractivity contribution < 1.29 is 8.83 Å². The number of nitriles is 1. The lowest BCUT2D eigenvalue weighted by Gasteiger charge is -2.31. The summed E-state index contributed by atoms with van der Waals surface area (Å²) in [6, 6.07) is 54.4. The number of hydrogen-bond donors (Lipinski definition) is 0. The van der Waals surface area contributed by atoms with E-state index in [0.717, 1.165) is 94.1 Å². The maximum atomic E-state index is 10.5. The van der Waals surface area contributed by atoms with E-state index in [2.05, 4.69) is 143 Å². The van der Waals surface area contributed by atoms with Gasteiger partial charge >= 0.3 is 6.71 Å². The first-order valence-electron chi connectivity index (χ1n) is 18.7. The van der Waals surface area contributed by atoms with Crippen molar-refractivity contribution in [1.29, 1.82) is 5.26 Å². The molecule has 6 heterocycles. The maximum Gasteiger partial charge on any atom is 0.342 e. The Morgan fingerprint density at radius 3 is 1.49 bits per heavy atom. The van der Waals surface area contributed by atoms with E-state index in [1.165, 1.54) is 32.3 Å². The van der Waals surface area contributed by atoms with Crippen molar-refractivity contribution in [3.8, 4) is 28.6 Å². The molecule has 0 saturated carbocycles. The number of benzene rings is 8. The van der Waals surface area contributed by atoms with Crippen LogP contribution < -0.4 is 16.8 Å². The van der Waals surface area contributed by atoms with Gasteiger partial charge in [-0.05, 0) is 91.4 Å². The zero-order chi connectivity index (χ0) is 35.7. The summed E-state index contributed by atoms with van der Waals surface area (Å²) in [5, 5.41) is 22.1. The van der Waals surface area contributed by atoms with Crippen molar-refractivity contribution in [3.05, 3.63) is 151 Å². The molecule has 14 rings (SSSR count). The molecular weight excluding hydrogens is 673 g/mol. The minimum Gasteiger partial charge on any atom is -0.468 e. The number of furan rings is 2. The summed E-state index contributed by atoms with van der Waals surface area (Å²) in [5.74, 6) is 0. The lowest BCUT2D eigenvalue weighted by molar-refractivity contribution is 0.638. The van der Waals surface area contributed by atoms with E-state index in [0.29, 0.717) is 5.56 Å². The smallest absolute Gasteiger partial charge is 0.342 e. The molecule has 12 aromatic rings. The zero-order valence-electron chi connectivity index (χ0n) is 29.1. The highest BCUT2D eigenvalue weighted by Gasteiger charge is 2.46. The van der Waals surface area contributed by atoms with Gasteiger partial charge in [-0.2, -0.15) is 5.26 Å². The van der Waals surface area contributed by atoms with Crippen molar-refractivity contribution in [2.24, 2.45) is 0 Å². The molecule has 250 valence electrons. The van der Waals surface area contributed by atoms with Gasteiger partial charge in [-0.1, -0.05) is 103 Å². The zero-order valence-corrected chi connectivity index (χ0v) is 29.1. The average molecular weight is 698 g/mol. The molecule has 4 aromatic heterocycles. The van der Waals surface area contributed by atoms with Crippen LogP contribution in [0, 0.1) is 11.3 Å². The van der Waals surface area contributed by atoms with Crippen molar-refractivity contribution in [2.45, 2.75) is 0 Å². The van der Waals surface area contributed by atoms with Crippen LogP contribution in [0.2, 0.25) is 0 Å². The third kappa shape index (κ3) is 3.21. The first-order valence-corrected chi connectivity index (χ1v) is 18.7. The van der Waals surface area contributed by atoms with Crippen LogP contribution in [0.25, 0.3) is 110 Å². The maximum absolute atomic E-state index is 10.5. The number of nitrogens with zero attached hydrogens (tertiary/aromatic N) is 3. The fourth-order valence-electron chi connectivity index (χ4n) is 10.4. The number of fused-ring (bicyclic) bond motifs is 8. The molecule has 55 heavy (non-hydrogen) atoms. The summed E-state index contributed by atoms with van der Waals surface area (Å²) in [5.41, 5.74) is 13.5. The Bertz CT molecular complexity index is 3580. The van der Waals surface area contributed by atoms with Gasteiger partial charge in [-0.15, -0.1) is 0 Å². The molecule has 0 spiro atoms. The second-order valence-electron chi connectivity index (χ2n) is 15.0. The lowest BCUT2D eigenvalue weighted by atomic mass is 9.38. The van der Waals surface area contributed by atoms with Crippen LogP contribution in [-0.4, -0.2) is 15.8 Å². The molecule has 8 aromatic carbocycles. The van der Waals surface area contributed by atoms with Gasteiger partial charge in [-0.3, -0.25) is 0 Å². The van der Waals surface area contributed by atoms with Gasteiger partial charge in [0.15, 0.2) is 0 Å². The fraction of sp³-hybridized carbons (Fsp3) is 0. The summed E-state index contributed by atoms with van der Waals surface area (Å²) in [6.45, 7) is -0.330. The summed E-state index contributed by atoms with van der Waals surface area (Å²) in [4.78, 5) is 0. The largest absolute Gasteiger partial charge is 0.468 e. The predicted octanol–water partition coefficient (Wildman–Crippen LogP) is 10.4. The van der Waals surface area contributed by atoms with Crippen LogP contribution in [0.3, 0.4) is 0 Å². The number of hydrogen-bond acceptors (Lipinski definition) is 3. The number of aromatic nitrogens is 2. The van der Waals surface area contributed by atoms with Crippen LogP contribution in [0.5, 0.6) is 0 Å². The summed E-state index contributed by atoms with van der Waals surface area (Å²) in [7, 11) is 0. The molecule has 0 aliphatic carbocycles. The molecule has 0 unspecified atom stereocenters. The van der Waals surface area contributed by atoms with Gasteiger partial charge in [0.05, 0.1) is 44.5 Å². The molecule has 0 amide bonds. The van der Waals surface area contributed by atoms with Crippen molar-refractivity contribution >= 4 is 111 Å². The quantitative estimate of drug-likeness (QED) is 0.161. The van der Waals surface area contributed by atoms with Crippen molar-refractivity contribution in [1.82, 2.24) is 9.13 Å². The number of rotatable bonds is 1. The molecule has 2 aliphatic heterocycles. The topological polar surface area (TPSA) is 59.9 Å². The van der Waals surface area contributed by atoms with E-state index in [-0.39, 0.29) is 6.71 Å². The van der Waals surface area contributed by atoms with Gasteiger partial charge < -0.3 is 18.0 Å². The van der Waals surface area contributed by atoms with Gasteiger partial charge in [-0.25, -0.2) is 0 Å². The first-order chi connectivity index (χ1) is 27.3. The molecular formula is C49H24BN3O2. The Hall–Kier alpha value is -7.49. The third-order valence-corrected chi connectivity index (χ3v) is 12.5. The van der Waals surface area contributed by atoms with Crippen LogP contribution in [0.4, 0.5) is 0 Å². The Kier molecular flexibility index (Phi) is 4.87. The molecule has 0 radical (unpaired) electrons. The SMILES string of the molecule is N#Cc1ccccc1-c1cc2c3c(c1)-n1c4cccc5cccc(c6cccc7oc(c1c76)B3c1oc3cccc6c7cccc8cccc(c87)n-2c1c36)c54. The van der Waals surface area contributed by atoms with Gasteiger partial charge in [0.25, 0.3) is 0 Å². The lowest BCUT2D eigenvalue weighted by Crippen LogP contribution is -2.58. The summed E-state index contributed by atoms with van der Waals surface area (Å²) >= 11 is 0. The minimum atomic E-state index is -0.330. The van der Waals surface area contributed by atoms with Crippen molar-refractivity contribution in [2.75, 3.05) is 0 Å². The van der Waals surface area contributed by atoms with Crippen LogP contribution >= 0.6 is 0 Å². The minimum absolute atomic E-state index is 0.330. The van der Waals surface area contributed by atoms with Gasteiger partial charge in [0.2, 0.25) is 0 Å². The predicted molar refractivity (Wildman–Crippen MR) is 224 cm³/mol. The van der Waals surface area contributed by atoms with E-state index in [4.69, 9.17) is 8.83 Å². The summed E-state index contributed by atoms with van der Waals surface area (Å²) < 4.78 is 19.2. The highest BCUT2D eigenvalue weighted by atomic mass is 16.3. The Morgan fingerprint density at radius 2 is 0.964 bits per heavy atom. The molecule has 0 bridgehead atoms. The van der Waals surface area contributed by atoms with Crippen LogP contribution in [0.1, 0.15) is 5.56 Å². The van der Waals surface area contributed by atoms with Gasteiger partial charge in [0.1, 0.15) is 22.5 Å². The van der Waals surface area contributed by atoms with E-state index in [1.807, 2.05) is 18.2 Å². The van der Waals surface area contributed by atoms with E-state index >= 15 is 0 Å². The molecule has 0 saturated heterocycles. The van der Waals surface area contributed by atoms with E-state index in [1.54, 1.807) is 0 Å². The highest BCUT2D eigenvalue weighted by molar-refractivity contribution is 6.99. The molecule has 0 atom stereocenters. The molecule has 0 fully saturated rings. The fourth-order valence-corrected chi connectivity index (χ4v) is 10.4. The van der Waals surface area contributed by atoms with Gasteiger partial charge in [0, 0.05) is 22.1 Å². The molecule has 6 heteroatoms. The normalized spacial score (nSPS) is 13.0. The van der Waals surface area contributed by atoms with E-state index < -0.39 is 0 Å². The second-order valence-corrected chi connectivity index (χ2v) is 15.0. The average Bonchev–Trinajstić information content (AvgIpc) is 3.74. The standard InChI is InChI=1S/C49H24BN3O2/c51-25-28-9-1-2-14-30(28)29-23-37-45-38(24-29)53-36-20-6-13-27-11-4-16-32(42(27)36)34-18-8-22-40-44(34)47(53)49(55-40)50(45)48-46-43-33(17-7-21-39(43)54-48)31-15-3-10-26-12-5-19-35(41(26)31)52(37)46/h1-24H. The monoisotopic (exact) mass is 697 g/mol. The Labute approximate surface area is 312 Å². The molecule has 0 N–H and O–H groups in total. The second kappa shape index (κ2) is 9.54. The third-order valence-electron chi connectivity index (χ3n) is 12.5. The van der Waals surface area contributed by atoms with Crippen molar-refractivity contribution in [3.63, 3.8) is 0 Å². The van der Waals surface area contributed by atoms with Crippen LogP contribution in [0.15, 0.2) is 154 Å². The molecule has 2 aliphatic rings. The van der Waals surface area contributed by atoms with E-state index in [9.17, 15) is 5.26 Å². The van der Waals surface area contributed by atoms with Crippen LogP contribution in [-0.2, 0) is 0 Å². The first kappa shape index (κ1) is 28.1. The molecule has 5 nitrogen and oxygen atoms in total. The summed E-state index contributed by atoms with van der Waals surface area (Å²) in [6.07, 6.45) is 0.